The fourth-order valence-corrected chi connectivity index (χ4v) is 9.57. The van der Waals surface area contributed by atoms with Gasteiger partial charge < -0.3 is 25.0 Å². The first kappa shape index (κ1) is 32.8. The van der Waals surface area contributed by atoms with Crippen molar-refractivity contribution >= 4 is 46.8 Å². The van der Waals surface area contributed by atoms with E-state index in [1.54, 1.807) is 30.8 Å². The number of morpholine rings is 1. The number of aromatic hydroxyl groups is 1. The largest absolute Gasteiger partial charge is 0.507 e. The average molecular weight is 657 g/mol. The molecule has 6 rings (SSSR count). The van der Waals surface area contributed by atoms with Gasteiger partial charge in [-0.2, -0.15) is 11.8 Å². The van der Waals surface area contributed by atoms with Gasteiger partial charge in [-0.3, -0.25) is 33.7 Å². The molecule has 2 unspecified atom stereocenters. The van der Waals surface area contributed by atoms with Gasteiger partial charge in [0, 0.05) is 54.7 Å². The number of rotatable bonds is 8. The predicted molar refractivity (Wildman–Crippen MR) is 164 cm³/mol. The Kier molecular flexibility index (Phi) is 9.39. The third-order valence-electron chi connectivity index (χ3n) is 10.4. The molecule has 46 heavy (non-hydrogen) atoms. The molecule has 4 fully saturated rings. The van der Waals surface area contributed by atoms with Gasteiger partial charge >= 0.3 is 5.97 Å². The fourth-order valence-electron chi connectivity index (χ4n) is 8.02. The van der Waals surface area contributed by atoms with Crippen LogP contribution in [-0.2, 0) is 33.4 Å². The number of nitrogens with zero attached hydrogens (tertiary/aromatic N) is 1. The van der Waals surface area contributed by atoms with Gasteiger partial charge in [-0.15, -0.1) is 0 Å². The highest BCUT2D eigenvalue weighted by Gasteiger charge is 2.71. The summed E-state index contributed by atoms with van der Waals surface area (Å²) in [7, 11) is 0. The van der Waals surface area contributed by atoms with Crippen LogP contribution in [0.3, 0.4) is 0 Å². The highest BCUT2D eigenvalue weighted by atomic mass is 32.2. The maximum atomic E-state index is 14.5. The average Bonchev–Trinajstić information content (AvgIpc) is 3.57. The van der Waals surface area contributed by atoms with Crippen LogP contribution < -0.4 is 5.32 Å². The molecule has 3 saturated carbocycles. The van der Waals surface area contributed by atoms with E-state index in [-0.39, 0.29) is 24.4 Å². The molecule has 1 saturated heterocycles. The van der Waals surface area contributed by atoms with Crippen LogP contribution >= 0.6 is 11.8 Å². The Morgan fingerprint density at radius 3 is 2.52 bits per heavy atom. The summed E-state index contributed by atoms with van der Waals surface area (Å²) in [6, 6.07) is 4.66. The van der Waals surface area contributed by atoms with Crippen molar-refractivity contribution in [2.45, 2.75) is 68.3 Å². The number of ketones is 4. The second-order valence-corrected chi connectivity index (χ2v) is 14.3. The van der Waals surface area contributed by atoms with E-state index in [2.05, 4.69) is 5.32 Å². The molecule has 3 N–H and O–H groups in total. The van der Waals surface area contributed by atoms with Crippen molar-refractivity contribution in [3.8, 4) is 5.75 Å². The van der Waals surface area contributed by atoms with Gasteiger partial charge in [-0.05, 0) is 24.5 Å². The number of amides is 1. The van der Waals surface area contributed by atoms with Crippen LogP contribution in [0.5, 0.6) is 5.75 Å². The third kappa shape index (κ3) is 5.58. The maximum Gasteiger partial charge on any atom is 0.305 e. The maximum absolute atomic E-state index is 14.5. The van der Waals surface area contributed by atoms with Crippen molar-refractivity contribution in [2.24, 2.45) is 23.7 Å². The Hall–Kier alpha value is -3.13. The Morgan fingerprint density at radius 1 is 1.11 bits per heavy atom. The molecule has 0 radical (unpaired) electrons. The smallest absolute Gasteiger partial charge is 0.305 e. The summed E-state index contributed by atoms with van der Waals surface area (Å²) in [5, 5.41) is 25.9. The Labute approximate surface area is 270 Å². The number of thioether (sulfide) groups is 1. The number of phenols is 1. The lowest BCUT2D eigenvalue weighted by Gasteiger charge is -2.54. The van der Waals surface area contributed by atoms with Crippen LogP contribution in [0.2, 0.25) is 0 Å². The summed E-state index contributed by atoms with van der Waals surface area (Å²) in [4.78, 5) is 84.3. The SMILES string of the molecule is CCC(=O)O[C@H]1[C@H]2C(C(=O)c3c(O)cccc3[C@@H]2CSC2CCCC2)C(=O)[C@]2(O)C(=O)C(C(=O)NCN3CCOCC3)C(=O)C[C@H]12. The van der Waals surface area contributed by atoms with Gasteiger partial charge in [0.25, 0.3) is 0 Å². The molecule has 13 heteroatoms. The van der Waals surface area contributed by atoms with E-state index >= 15 is 0 Å². The van der Waals surface area contributed by atoms with Crippen LogP contribution in [0.1, 0.15) is 67.3 Å². The van der Waals surface area contributed by atoms with Gasteiger partial charge in [0.1, 0.15) is 11.9 Å². The van der Waals surface area contributed by atoms with Crippen LogP contribution in [0.25, 0.3) is 0 Å². The summed E-state index contributed by atoms with van der Waals surface area (Å²) >= 11 is 1.69. The van der Waals surface area contributed by atoms with Gasteiger partial charge in [0.2, 0.25) is 5.91 Å². The lowest BCUT2D eigenvalue weighted by atomic mass is 9.50. The number of nitrogens with one attached hydrogen (secondary N) is 1. The highest BCUT2D eigenvalue weighted by molar-refractivity contribution is 7.99. The van der Waals surface area contributed by atoms with E-state index in [4.69, 9.17) is 9.47 Å². The van der Waals surface area contributed by atoms with Crippen molar-refractivity contribution in [2.75, 3.05) is 38.7 Å². The summed E-state index contributed by atoms with van der Waals surface area (Å²) < 4.78 is 11.2. The van der Waals surface area contributed by atoms with Crippen LogP contribution in [0.15, 0.2) is 18.2 Å². The Bertz CT molecular complexity index is 1440. The van der Waals surface area contributed by atoms with Crippen LogP contribution in [0, 0.1) is 23.7 Å². The van der Waals surface area contributed by atoms with Crippen molar-refractivity contribution < 1.29 is 48.5 Å². The molecule has 5 aliphatic rings. The van der Waals surface area contributed by atoms with Gasteiger partial charge in [0.15, 0.2) is 34.7 Å². The second kappa shape index (κ2) is 13.2. The normalized spacial score (nSPS) is 33.3. The van der Waals surface area contributed by atoms with Gasteiger partial charge in [0.05, 0.1) is 31.4 Å². The van der Waals surface area contributed by atoms with Crippen molar-refractivity contribution in [3.63, 3.8) is 0 Å². The molecule has 1 amide bonds. The van der Waals surface area contributed by atoms with Gasteiger partial charge in [-0.25, -0.2) is 0 Å². The predicted octanol–water partition coefficient (Wildman–Crippen LogP) is 1.40. The molecule has 0 aromatic heterocycles. The zero-order chi connectivity index (χ0) is 32.7. The molecular weight excluding hydrogens is 616 g/mol. The van der Waals surface area contributed by atoms with E-state index in [0.717, 1.165) is 25.7 Å². The van der Waals surface area contributed by atoms with E-state index in [1.165, 1.54) is 6.07 Å². The number of aliphatic hydroxyl groups is 1. The number of benzene rings is 1. The summed E-state index contributed by atoms with van der Waals surface area (Å²) in [5.74, 6) is -12.2. The number of Topliss-reactive ketones (excluding diaryl/α,β-unsaturated/α-hetero) is 4. The molecule has 248 valence electrons. The number of fused-ring (bicyclic) bond motifs is 3. The Balaban J connectivity index is 1.39. The number of hydrogen-bond acceptors (Lipinski definition) is 12. The molecule has 1 aliphatic heterocycles. The lowest BCUT2D eigenvalue weighted by molar-refractivity contribution is -0.198. The first-order chi connectivity index (χ1) is 22.1. The molecule has 0 bridgehead atoms. The van der Waals surface area contributed by atoms with Crippen molar-refractivity contribution in [1.82, 2.24) is 10.2 Å². The monoisotopic (exact) mass is 656 g/mol. The number of phenolic OH excluding ortho intramolecular Hbond substituents is 1. The standard InChI is InChI=1S/C33H40N2O10S/c1-2-23(38)45-29-20-14-22(37)26(32(42)34-16-35-10-12-44-13-11-35)30(40)33(20,43)31(41)27-25(29)19(15-46-17-6-3-4-7-17)18-8-5-9-21(36)24(18)28(27)39/h5,8-9,17,19-20,25-27,29,36,43H,2-4,6-7,10-16H2,1H3,(H,34,42)/t19-,20+,25+,26?,27?,29+,33+/m0/s1. The molecule has 4 aliphatic carbocycles. The minimum atomic E-state index is -2.94. The molecule has 1 aromatic rings. The summed E-state index contributed by atoms with van der Waals surface area (Å²) in [6.07, 6.45) is 2.25. The molecule has 1 aromatic carbocycles. The number of ether oxygens (including phenoxy) is 2. The molecule has 0 spiro atoms. The lowest BCUT2D eigenvalue weighted by Crippen LogP contribution is -2.73. The molecule has 1 heterocycles. The number of hydrogen-bond donors (Lipinski definition) is 3. The van der Waals surface area contributed by atoms with Crippen molar-refractivity contribution in [1.29, 1.82) is 0 Å². The van der Waals surface area contributed by atoms with E-state index in [9.17, 15) is 39.0 Å². The number of carbonyl (C=O) groups is 6. The first-order valence-electron chi connectivity index (χ1n) is 16.2. The highest BCUT2D eigenvalue weighted by Crippen LogP contribution is 2.56. The van der Waals surface area contributed by atoms with E-state index in [0.29, 0.717) is 42.9 Å². The van der Waals surface area contributed by atoms with Gasteiger partial charge in [-0.1, -0.05) is 31.9 Å². The number of carbonyl (C=O) groups excluding carboxylic acids is 6. The minimum absolute atomic E-state index is 0.0331. The topological polar surface area (TPSA) is 177 Å². The third-order valence-corrected chi connectivity index (χ3v) is 11.9. The zero-order valence-corrected chi connectivity index (χ0v) is 26.6. The minimum Gasteiger partial charge on any atom is -0.507 e. The summed E-state index contributed by atoms with van der Waals surface area (Å²) in [6.45, 7) is 3.58. The van der Waals surface area contributed by atoms with Crippen LogP contribution in [0.4, 0.5) is 0 Å². The van der Waals surface area contributed by atoms with Crippen LogP contribution in [-0.4, -0.2) is 106 Å². The Morgan fingerprint density at radius 2 is 1.83 bits per heavy atom. The summed E-state index contributed by atoms with van der Waals surface area (Å²) in [5.41, 5.74) is -2.49. The quantitative estimate of drug-likeness (QED) is 0.271. The molecule has 7 atom stereocenters. The fraction of sp³-hybridized carbons (Fsp3) is 0.636. The zero-order valence-electron chi connectivity index (χ0n) is 25.8. The number of esters is 1. The van der Waals surface area contributed by atoms with E-state index < -0.39 is 82.7 Å². The van der Waals surface area contributed by atoms with Crippen molar-refractivity contribution in [3.05, 3.63) is 29.3 Å². The molecular formula is C33H40N2O10S. The second-order valence-electron chi connectivity index (χ2n) is 12.9. The molecule has 12 nitrogen and oxygen atoms in total. The first-order valence-corrected chi connectivity index (χ1v) is 17.2. The van der Waals surface area contributed by atoms with E-state index in [1.807, 2.05) is 4.90 Å².